The van der Waals surface area contributed by atoms with Crippen LogP contribution in [0.25, 0.3) is 32.4 Å². The van der Waals surface area contributed by atoms with Gasteiger partial charge in [0.1, 0.15) is 0 Å². The first-order valence-electron chi connectivity index (χ1n) is 15.4. The van der Waals surface area contributed by atoms with Gasteiger partial charge in [-0.1, -0.05) is 91.0 Å². The van der Waals surface area contributed by atoms with Crippen molar-refractivity contribution in [3.05, 3.63) is 152 Å². The maximum Gasteiger partial charge on any atom is 0.151 e. The molecule has 2 aliphatic rings. The Kier molecular flexibility index (Phi) is 5.22. The van der Waals surface area contributed by atoms with Crippen LogP contribution >= 0.6 is 0 Å². The molecule has 7 aromatic carbocycles. The fraction of sp³-hybridized carbons (Fsp3) is 0. The molecular weight excluding hydrogens is 566 g/mol. The average Bonchev–Trinajstić information content (AvgIpc) is 3.12. The highest BCUT2D eigenvalue weighted by atomic mass is 16.5. The molecule has 1 aromatic heterocycles. The van der Waals surface area contributed by atoms with Crippen LogP contribution in [-0.4, -0.2) is 4.98 Å². The van der Waals surface area contributed by atoms with Crippen molar-refractivity contribution < 1.29 is 9.47 Å². The van der Waals surface area contributed by atoms with E-state index in [2.05, 4.69) is 107 Å². The molecule has 2 aliphatic heterocycles. The summed E-state index contributed by atoms with van der Waals surface area (Å²) < 4.78 is 12.9. The monoisotopic (exact) mass is 591 g/mol. The number of benzene rings is 7. The van der Waals surface area contributed by atoms with Crippen LogP contribution in [0.5, 0.6) is 23.0 Å². The van der Waals surface area contributed by atoms with Crippen molar-refractivity contribution in [3.8, 4) is 23.0 Å². The van der Waals surface area contributed by atoms with Crippen LogP contribution in [0.3, 0.4) is 0 Å². The first-order valence-corrected chi connectivity index (χ1v) is 15.4. The van der Waals surface area contributed by atoms with E-state index in [1.165, 1.54) is 0 Å². The van der Waals surface area contributed by atoms with Gasteiger partial charge in [-0.3, -0.25) is 4.98 Å². The highest BCUT2D eigenvalue weighted by Gasteiger charge is 2.33. The van der Waals surface area contributed by atoms with E-state index < -0.39 is 0 Å². The van der Waals surface area contributed by atoms with Crippen LogP contribution < -0.4 is 19.3 Å². The van der Waals surface area contributed by atoms with Crippen LogP contribution in [-0.2, 0) is 0 Å². The highest BCUT2D eigenvalue weighted by Crippen LogP contribution is 2.58. The topological polar surface area (TPSA) is 37.8 Å². The molecule has 0 aliphatic carbocycles. The van der Waals surface area contributed by atoms with Crippen molar-refractivity contribution in [2.75, 3.05) is 9.80 Å². The Morgan fingerprint density at radius 3 is 1.28 bits per heavy atom. The minimum atomic E-state index is 0.812. The molecule has 0 radical (unpaired) electrons. The van der Waals surface area contributed by atoms with Crippen molar-refractivity contribution in [2.45, 2.75) is 0 Å². The normalized spacial score (nSPS) is 13.0. The molecule has 46 heavy (non-hydrogen) atoms. The van der Waals surface area contributed by atoms with Gasteiger partial charge < -0.3 is 19.3 Å². The second-order valence-corrected chi connectivity index (χ2v) is 11.6. The SMILES string of the molecule is c1ccc2c(c1)Oc1ccccc1N2c1c2ccccc2c(N2c3ccccc3Oc3ccccc32)c2c1cnc1ccccc12. The third-order valence-electron chi connectivity index (χ3n) is 9.02. The van der Waals surface area contributed by atoms with Crippen LogP contribution in [0.1, 0.15) is 0 Å². The number of hydrogen-bond acceptors (Lipinski definition) is 5. The number of hydrogen-bond donors (Lipinski definition) is 0. The molecule has 0 atom stereocenters. The molecule has 5 nitrogen and oxygen atoms in total. The Labute approximate surface area is 265 Å². The van der Waals surface area contributed by atoms with E-state index in [1.54, 1.807) is 0 Å². The summed E-state index contributed by atoms with van der Waals surface area (Å²) in [4.78, 5) is 9.78. The maximum atomic E-state index is 6.46. The molecule has 0 spiro atoms. The lowest BCUT2D eigenvalue weighted by Crippen LogP contribution is -2.19. The minimum Gasteiger partial charge on any atom is -0.453 e. The van der Waals surface area contributed by atoms with Gasteiger partial charge >= 0.3 is 0 Å². The Hall–Kier alpha value is -6.33. The lowest BCUT2D eigenvalue weighted by molar-refractivity contribution is 0.477. The van der Waals surface area contributed by atoms with Crippen molar-refractivity contribution in [1.29, 1.82) is 0 Å². The summed E-state index contributed by atoms with van der Waals surface area (Å²) >= 11 is 0. The van der Waals surface area contributed by atoms with E-state index in [0.29, 0.717) is 0 Å². The number of ether oxygens (including phenoxy) is 2. The van der Waals surface area contributed by atoms with Crippen LogP contribution in [0.2, 0.25) is 0 Å². The van der Waals surface area contributed by atoms with E-state index in [9.17, 15) is 0 Å². The van der Waals surface area contributed by atoms with Crippen molar-refractivity contribution >= 4 is 66.6 Å². The molecule has 5 heteroatoms. The van der Waals surface area contributed by atoms with Gasteiger partial charge in [0.05, 0.1) is 39.6 Å². The zero-order chi connectivity index (χ0) is 30.2. The molecule has 216 valence electrons. The lowest BCUT2D eigenvalue weighted by atomic mass is 9.93. The fourth-order valence-electron chi connectivity index (χ4n) is 7.12. The summed E-state index contributed by atoms with van der Waals surface area (Å²) in [5.41, 5.74) is 7.03. The van der Waals surface area contributed by atoms with E-state index >= 15 is 0 Å². The zero-order valence-corrected chi connectivity index (χ0v) is 24.6. The molecule has 3 heterocycles. The zero-order valence-electron chi connectivity index (χ0n) is 24.6. The van der Waals surface area contributed by atoms with Crippen LogP contribution in [0.4, 0.5) is 34.1 Å². The Balaban J connectivity index is 1.42. The molecule has 0 saturated carbocycles. The van der Waals surface area contributed by atoms with Gasteiger partial charge in [0.15, 0.2) is 23.0 Å². The second kappa shape index (κ2) is 9.58. The van der Waals surface area contributed by atoms with E-state index in [1.807, 2.05) is 54.7 Å². The maximum absolute atomic E-state index is 6.46. The molecule has 8 aromatic rings. The summed E-state index contributed by atoms with van der Waals surface area (Å²) in [6, 6.07) is 50.2. The van der Waals surface area contributed by atoms with Gasteiger partial charge in [0.2, 0.25) is 0 Å². The Bertz CT molecular complexity index is 2430. The smallest absolute Gasteiger partial charge is 0.151 e. The van der Waals surface area contributed by atoms with Gasteiger partial charge in [0, 0.05) is 33.1 Å². The van der Waals surface area contributed by atoms with Crippen LogP contribution in [0, 0.1) is 0 Å². The summed E-state index contributed by atoms with van der Waals surface area (Å²) in [7, 11) is 0. The molecule has 0 N–H and O–H groups in total. The Morgan fingerprint density at radius 1 is 0.370 bits per heavy atom. The number of pyridine rings is 1. The number of fused-ring (bicyclic) bond motifs is 8. The quantitative estimate of drug-likeness (QED) is 0.148. The fourth-order valence-corrected chi connectivity index (χ4v) is 7.12. The van der Waals surface area contributed by atoms with Gasteiger partial charge in [-0.25, -0.2) is 0 Å². The summed E-state index contributed by atoms with van der Waals surface area (Å²) in [5, 5.41) is 5.47. The summed E-state index contributed by atoms with van der Waals surface area (Å²) in [5.74, 6) is 3.26. The lowest BCUT2D eigenvalue weighted by Gasteiger charge is -2.37. The third-order valence-corrected chi connectivity index (χ3v) is 9.02. The first kappa shape index (κ1) is 25.0. The van der Waals surface area contributed by atoms with Crippen molar-refractivity contribution in [3.63, 3.8) is 0 Å². The molecular formula is C41H25N3O2. The minimum absolute atomic E-state index is 0.812. The van der Waals surface area contributed by atoms with Gasteiger partial charge in [-0.2, -0.15) is 0 Å². The molecule has 10 rings (SSSR count). The number of rotatable bonds is 2. The second-order valence-electron chi connectivity index (χ2n) is 11.6. The van der Waals surface area contributed by atoms with E-state index in [4.69, 9.17) is 14.5 Å². The van der Waals surface area contributed by atoms with E-state index in [-0.39, 0.29) is 0 Å². The number of anilines is 6. The standard InChI is InChI=1S/C41H25N3O2/c1-2-14-27-26(13-1)40(43-31-17-5-9-21-35(31)45-36-22-10-6-18-32(36)43)29-25-42-30-16-4-3-15-28(30)39(29)41(27)44-33-19-7-11-23-37(33)46-38-24-12-8-20-34(38)44/h1-25H. The molecule has 0 unspecified atom stereocenters. The third kappa shape index (κ3) is 3.48. The van der Waals surface area contributed by atoms with Gasteiger partial charge in [-0.15, -0.1) is 0 Å². The number of para-hydroxylation sites is 9. The average molecular weight is 592 g/mol. The first-order chi connectivity index (χ1) is 22.8. The summed E-state index contributed by atoms with van der Waals surface area (Å²) in [6.45, 7) is 0. The van der Waals surface area contributed by atoms with Crippen molar-refractivity contribution in [1.82, 2.24) is 4.98 Å². The highest BCUT2D eigenvalue weighted by molar-refractivity contribution is 6.29. The summed E-state index contributed by atoms with van der Waals surface area (Å²) in [6.07, 6.45) is 2.04. The van der Waals surface area contributed by atoms with Gasteiger partial charge in [-0.05, 0) is 54.6 Å². The molecule has 0 fully saturated rings. The molecule has 0 amide bonds. The molecule has 0 saturated heterocycles. The predicted molar refractivity (Wildman–Crippen MR) is 186 cm³/mol. The number of nitrogens with zero attached hydrogens (tertiary/aromatic N) is 3. The molecule has 0 bridgehead atoms. The Morgan fingerprint density at radius 2 is 0.761 bits per heavy atom. The number of aromatic nitrogens is 1. The predicted octanol–water partition coefficient (Wildman–Crippen LogP) is 11.7. The largest absolute Gasteiger partial charge is 0.453 e. The van der Waals surface area contributed by atoms with Gasteiger partial charge in [0.25, 0.3) is 0 Å². The van der Waals surface area contributed by atoms with E-state index in [0.717, 1.165) is 89.6 Å². The van der Waals surface area contributed by atoms with Crippen LogP contribution in [0.15, 0.2) is 152 Å². The van der Waals surface area contributed by atoms with Crippen molar-refractivity contribution in [2.24, 2.45) is 0 Å².